The minimum atomic E-state index is 0.260. The first-order valence-corrected chi connectivity index (χ1v) is 8.57. The maximum Gasteiger partial charge on any atom is 0.223 e. The number of nitrogens with zero attached hydrogens (tertiary/aromatic N) is 1. The lowest BCUT2D eigenvalue weighted by atomic mass is 9.97. The molecule has 0 aliphatic carbocycles. The minimum Gasteiger partial charge on any atom is -0.493 e. The van der Waals surface area contributed by atoms with Crippen LogP contribution in [0.2, 0.25) is 5.02 Å². The van der Waals surface area contributed by atoms with Crippen LogP contribution in [0.25, 0.3) is 0 Å². The molecule has 0 saturated carbocycles. The molecule has 122 valence electrons. The number of hydrogen-bond acceptors (Lipinski definition) is 2. The Morgan fingerprint density at radius 2 is 2.00 bits per heavy atom. The van der Waals surface area contributed by atoms with Crippen LogP contribution in [0.1, 0.15) is 51.5 Å². The average Bonchev–Trinajstić information content (AvgIpc) is 2.45. The summed E-state index contributed by atoms with van der Waals surface area (Å²) in [5.74, 6) is 1.10. The van der Waals surface area contributed by atoms with E-state index in [1.807, 2.05) is 25.1 Å². The summed E-state index contributed by atoms with van der Waals surface area (Å²) in [6.45, 7) is 6.84. The first-order valence-electron chi connectivity index (χ1n) is 8.19. The lowest BCUT2D eigenvalue weighted by molar-refractivity contribution is -0.137. The van der Waals surface area contributed by atoms with Gasteiger partial charge in [0, 0.05) is 23.5 Å². The molecule has 22 heavy (non-hydrogen) atoms. The van der Waals surface area contributed by atoms with Crippen LogP contribution in [0.3, 0.4) is 0 Å². The summed E-state index contributed by atoms with van der Waals surface area (Å²) in [7, 11) is 0. The van der Waals surface area contributed by atoms with Gasteiger partial charge in [0.05, 0.1) is 6.61 Å². The van der Waals surface area contributed by atoms with Crippen molar-refractivity contribution in [3.8, 4) is 5.75 Å². The van der Waals surface area contributed by atoms with Gasteiger partial charge in [0.25, 0.3) is 0 Å². The van der Waals surface area contributed by atoms with E-state index in [1.54, 1.807) is 0 Å². The zero-order valence-electron chi connectivity index (χ0n) is 13.8. The van der Waals surface area contributed by atoms with Crippen LogP contribution in [0.4, 0.5) is 0 Å². The van der Waals surface area contributed by atoms with Crippen LogP contribution < -0.4 is 4.74 Å². The smallest absolute Gasteiger partial charge is 0.223 e. The fourth-order valence-corrected chi connectivity index (χ4v) is 3.45. The Bertz CT molecular complexity index is 508. The van der Waals surface area contributed by atoms with Gasteiger partial charge in [0.15, 0.2) is 0 Å². The van der Waals surface area contributed by atoms with Crippen LogP contribution in [-0.4, -0.2) is 29.5 Å². The van der Waals surface area contributed by atoms with Crippen LogP contribution in [0.15, 0.2) is 18.2 Å². The molecule has 1 saturated heterocycles. The van der Waals surface area contributed by atoms with E-state index in [9.17, 15) is 4.79 Å². The van der Waals surface area contributed by atoms with Gasteiger partial charge >= 0.3 is 0 Å². The molecule has 0 spiro atoms. The molecule has 1 aromatic rings. The summed E-state index contributed by atoms with van der Waals surface area (Å²) < 4.78 is 5.75. The summed E-state index contributed by atoms with van der Waals surface area (Å²) in [4.78, 5) is 14.5. The van der Waals surface area contributed by atoms with Crippen LogP contribution >= 0.6 is 11.6 Å². The second-order valence-corrected chi connectivity index (χ2v) is 6.73. The molecule has 1 aliphatic rings. The average molecular weight is 324 g/mol. The third-order valence-electron chi connectivity index (χ3n) is 4.41. The fraction of sp³-hybridized carbons (Fsp3) is 0.611. The molecule has 4 heteroatoms. The van der Waals surface area contributed by atoms with Crippen molar-refractivity contribution in [2.45, 2.75) is 65.0 Å². The lowest BCUT2D eigenvalue weighted by Crippen LogP contribution is -2.47. The Balaban J connectivity index is 1.77. The number of piperidine rings is 1. The molecule has 2 atom stereocenters. The van der Waals surface area contributed by atoms with Gasteiger partial charge in [-0.3, -0.25) is 4.79 Å². The van der Waals surface area contributed by atoms with Crippen LogP contribution in [0.5, 0.6) is 5.75 Å². The number of rotatable bonds is 5. The molecule has 1 fully saturated rings. The largest absolute Gasteiger partial charge is 0.493 e. The normalized spacial score (nSPS) is 21.7. The minimum absolute atomic E-state index is 0.260. The van der Waals surface area contributed by atoms with Gasteiger partial charge in [0.2, 0.25) is 5.91 Å². The van der Waals surface area contributed by atoms with Crippen molar-refractivity contribution in [3.63, 3.8) is 0 Å². The first-order chi connectivity index (χ1) is 10.5. The number of carbonyl (C=O) groups excluding carboxylic acids is 1. The van der Waals surface area contributed by atoms with Gasteiger partial charge in [-0.05, 0) is 70.2 Å². The van der Waals surface area contributed by atoms with Gasteiger partial charge in [-0.1, -0.05) is 11.6 Å². The van der Waals surface area contributed by atoms with Crippen molar-refractivity contribution in [1.82, 2.24) is 4.90 Å². The number of aryl methyl sites for hydroxylation is 1. The summed E-state index contributed by atoms with van der Waals surface area (Å²) >= 11 is 5.93. The SMILES string of the molecule is Cc1cc(Cl)ccc1OCCCC(=O)N1[C@H](C)CCC[C@H]1C. The van der Waals surface area contributed by atoms with Crippen LogP contribution in [0, 0.1) is 6.92 Å². The van der Waals surface area contributed by atoms with Crippen molar-refractivity contribution in [3.05, 3.63) is 28.8 Å². The van der Waals surface area contributed by atoms with Crippen molar-refractivity contribution in [2.24, 2.45) is 0 Å². The Morgan fingerprint density at radius 3 is 2.64 bits per heavy atom. The summed E-state index contributed by atoms with van der Waals surface area (Å²) in [6, 6.07) is 6.34. The van der Waals surface area contributed by atoms with E-state index < -0.39 is 0 Å². The van der Waals surface area contributed by atoms with E-state index >= 15 is 0 Å². The standard InChI is InChI=1S/C18H26ClNO2/c1-13-12-16(19)9-10-17(13)22-11-5-8-18(21)20-14(2)6-4-7-15(20)3/h9-10,12,14-15H,4-8,11H2,1-3H3/t14-,15-/m1/s1. The highest BCUT2D eigenvalue weighted by atomic mass is 35.5. The molecule has 3 nitrogen and oxygen atoms in total. The zero-order valence-corrected chi connectivity index (χ0v) is 14.5. The van der Waals surface area contributed by atoms with Gasteiger partial charge in [-0.2, -0.15) is 0 Å². The number of halogens is 1. The fourth-order valence-electron chi connectivity index (χ4n) is 3.22. The van der Waals surface area contributed by atoms with E-state index in [-0.39, 0.29) is 5.91 Å². The molecule has 1 aliphatic heterocycles. The summed E-state index contributed by atoms with van der Waals surface area (Å²) in [5.41, 5.74) is 1.03. The number of hydrogen-bond donors (Lipinski definition) is 0. The van der Waals surface area contributed by atoms with E-state index in [4.69, 9.17) is 16.3 Å². The Labute approximate surface area is 138 Å². The van der Waals surface area contributed by atoms with E-state index in [0.29, 0.717) is 30.1 Å². The first kappa shape index (κ1) is 17.1. The molecule has 0 bridgehead atoms. The Hall–Kier alpha value is -1.22. The Morgan fingerprint density at radius 1 is 1.32 bits per heavy atom. The monoisotopic (exact) mass is 323 g/mol. The molecule has 0 unspecified atom stereocenters. The van der Waals surface area contributed by atoms with E-state index in [2.05, 4.69) is 18.7 Å². The quantitative estimate of drug-likeness (QED) is 0.741. The number of carbonyl (C=O) groups is 1. The van der Waals surface area contributed by atoms with E-state index in [0.717, 1.165) is 30.6 Å². The van der Waals surface area contributed by atoms with Crippen molar-refractivity contribution < 1.29 is 9.53 Å². The molecule has 1 amide bonds. The van der Waals surface area contributed by atoms with Crippen LogP contribution in [-0.2, 0) is 4.79 Å². The summed E-state index contributed by atoms with van der Waals surface area (Å²) in [5, 5.41) is 0.716. The zero-order chi connectivity index (χ0) is 16.1. The highest BCUT2D eigenvalue weighted by Crippen LogP contribution is 2.24. The molecule has 0 aromatic heterocycles. The molecule has 2 rings (SSSR count). The third-order valence-corrected chi connectivity index (χ3v) is 4.65. The number of benzene rings is 1. The molecular formula is C18H26ClNO2. The predicted octanol–water partition coefficient (Wildman–Crippen LogP) is 4.60. The van der Waals surface area contributed by atoms with Gasteiger partial charge in [-0.25, -0.2) is 0 Å². The number of amides is 1. The topological polar surface area (TPSA) is 29.5 Å². The van der Waals surface area contributed by atoms with E-state index in [1.165, 1.54) is 6.42 Å². The van der Waals surface area contributed by atoms with Crippen molar-refractivity contribution in [2.75, 3.05) is 6.61 Å². The molecule has 1 heterocycles. The Kier molecular flexibility index (Phi) is 6.13. The highest BCUT2D eigenvalue weighted by molar-refractivity contribution is 6.30. The lowest BCUT2D eigenvalue weighted by Gasteiger charge is -2.39. The predicted molar refractivity (Wildman–Crippen MR) is 90.5 cm³/mol. The van der Waals surface area contributed by atoms with Gasteiger partial charge < -0.3 is 9.64 Å². The second kappa shape index (κ2) is 7.87. The number of ether oxygens (including phenoxy) is 1. The molecule has 1 aromatic carbocycles. The molecule has 0 radical (unpaired) electrons. The number of likely N-dealkylation sites (tertiary alicyclic amines) is 1. The molecular weight excluding hydrogens is 298 g/mol. The maximum absolute atomic E-state index is 12.4. The maximum atomic E-state index is 12.4. The van der Waals surface area contributed by atoms with Gasteiger partial charge in [-0.15, -0.1) is 0 Å². The molecule has 0 N–H and O–H groups in total. The summed E-state index contributed by atoms with van der Waals surface area (Å²) in [6.07, 6.45) is 4.77. The van der Waals surface area contributed by atoms with Crippen molar-refractivity contribution >= 4 is 17.5 Å². The highest BCUT2D eigenvalue weighted by Gasteiger charge is 2.28. The second-order valence-electron chi connectivity index (χ2n) is 6.29. The van der Waals surface area contributed by atoms with Crippen molar-refractivity contribution in [1.29, 1.82) is 0 Å². The van der Waals surface area contributed by atoms with Gasteiger partial charge in [0.1, 0.15) is 5.75 Å². The third kappa shape index (κ3) is 4.39.